The molecule has 0 saturated carbocycles. The molecular formula is C13H9ClFNO2S. The predicted molar refractivity (Wildman–Crippen MR) is 72.2 cm³/mol. The van der Waals surface area contributed by atoms with Gasteiger partial charge in [0.1, 0.15) is 5.82 Å². The van der Waals surface area contributed by atoms with Gasteiger partial charge in [-0.15, -0.1) is 11.8 Å². The fourth-order valence-corrected chi connectivity index (χ4v) is 2.34. The van der Waals surface area contributed by atoms with Crippen molar-refractivity contribution in [3.8, 4) is 0 Å². The molecule has 0 saturated heterocycles. The Bertz CT molecular complexity index is 604. The van der Waals surface area contributed by atoms with Gasteiger partial charge in [0.05, 0.1) is 15.6 Å². The quantitative estimate of drug-likeness (QED) is 0.871. The summed E-state index contributed by atoms with van der Waals surface area (Å²) in [5, 5.41) is 10.0. The second-order valence-corrected chi connectivity index (χ2v) is 5.15. The number of aromatic nitrogens is 1. The number of benzene rings is 1. The van der Waals surface area contributed by atoms with E-state index in [-0.39, 0.29) is 5.56 Å². The van der Waals surface area contributed by atoms with Crippen LogP contribution in [-0.4, -0.2) is 16.1 Å². The lowest BCUT2D eigenvalue weighted by Crippen LogP contribution is -1.98. The third kappa shape index (κ3) is 3.68. The van der Waals surface area contributed by atoms with Crippen molar-refractivity contribution in [3.63, 3.8) is 0 Å². The molecule has 0 aliphatic heterocycles. The first-order valence-corrected chi connectivity index (χ1v) is 6.68. The molecule has 2 aromatic rings. The van der Waals surface area contributed by atoms with Gasteiger partial charge in [0.25, 0.3) is 0 Å². The van der Waals surface area contributed by atoms with Gasteiger partial charge >= 0.3 is 5.97 Å². The summed E-state index contributed by atoms with van der Waals surface area (Å²) in [6.45, 7) is 0. The summed E-state index contributed by atoms with van der Waals surface area (Å²) in [5.74, 6) is -1.29. The Morgan fingerprint density at radius 2 is 2.16 bits per heavy atom. The Labute approximate surface area is 118 Å². The number of aromatic carboxylic acids is 1. The highest BCUT2D eigenvalue weighted by molar-refractivity contribution is 7.98. The van der Waals surface area contributed by atoms with Crippen molar-refractivity contribution in [1.29, 1.82) is 0 Å². The highest BCUT2D eigenvalue weighted by Gasteiger charge is 2.08. The average Bonchev–Trinajstić information content (AvgIpc) is 2.39. The maximum Gasteiger partial charge on any atom is 0.335 e. The molecular weight excluding hydrogens is 289 g/mol. The molecule has 0 fully saturated rings. The van der Waals surface area contributed by atoms with E-state index in [1.165, 1.54) is 30.1 Å². The third-order valence-electron chi connectivity index (χ3n) is 2.38. The minimum atomic E-state index is -1.14. The van der Waals surface area contributed by atoms with Crippen molar-refractivity contribution in [2.75, 3.05) is 0 Å². The van der Waals surface area contributed by atoms with Gasteiger partial charge in [0.2, 0.25) is 0 Å². The highest BCUT2D eigenvalue weighted by Crippen LogP contribution is 2.23. The molecule has 0 aliphatic carbocycles. The molecule has 2 rings (SSSR count). The fraction of sp³-hybridized carbons (Fsp3) is 0.0769. The van der Waals surface area contributed by atoms with Crippen LogP contribution in [0.1, 0.15) is 15.9 Å². The van der Waals surface area contributed by atoms with Gasteiger partial charge in [-0.2, -0.15) is 0 Å². The van der Waals surface area contributed by atoms with Crippen molar-refractivity contribution in [2.24, 2.45) is 0 Å². The van der Waals surface area contributed by atoms with Gasteiger partial charge in [0.15, 0.2) is 0 Å². The first-order valence-electron chi connectivity index (χ1n) is 5.32. The second kappa shape index (κ2) is 6.04. The van der Waals surface area contributed by atoms with Crippen LogP contribution >= 0.6 is 23.4 Å². The normalized spacial score (nSPS) is 10.4. The lowest BCUT2D eigenvalue weighted by atomic mass is 10.1. The van der Waals surface area contributed by atoms with Crippen molar-refractivity contribution in [1.82, 2.24) is 4.98 Å². The van der Waals surface area contributed by atoms with E-state index < -0.39 is 11.8 Å². The van der Waals surface area contributed by atoms with Crippen LogP contribution < -0.4 is 0 Å². The molecule has 1 N–H and O–H groups in total. The standard InChI is InChI=1S/C13H9ClFNO2S/c14-10-3-4-12(16-6-10)19-7-9-2-1-8(13(17)18)5-11(9)15/h1-6H,7H2,(H,17,18). The molecule has 19 heavy (non-hydrogen) atoms. The summed E-state index contributed by atoms with van der Waals surface area (Å²) in [5.41, 5.74) is 0.377. The van der Waals surface area contributed by atoms with Crippen molar-refractivity contribution >= 4 is 29.3 Å². The molecule has 0 spiro atoms. The maximum absolute atomic E-state index is 13.7. The molecule has 0 amide bonds. The van der Waals surface area contributed by atoms with E-state index in [2.05, 4.69) is 4.98 Å². The molecule has 0 aliphatic rings. The van der Waals surface area contributed by atoms with Crippen LogP contribution in [0.2, 0.25) is 5.02 Å². The van der Waals surface area contributed by atoms with Crippen molar-refractivity contribution in [2.45, 2.75) is 10.8 Å². The molecule has 0 unspecified atom stereocenters. The molecule has 0 radical (unpaired) electrons. The lowest BCUT2D eigenvalue weighted by Gasteiger charge is -2.04. The lowest BCUT2D eigenvalue weighted by molar-refractivity contribution is 0.0696. The number of hydrogen-bond donors (Lipinski definition) is 1. The van der Waals surface area contributed by atoms with Gasteiger partial charge in [-0.05, 0) is 29.8 Å². The Morgan fingerprint density at radius 3 is 2.74 bits per heavy atom. The van der Waals surface area contributed by atoms with E-state index >= 15 is 0 Å². The number of halogens is 2. The number of carbonyl (C=O) groups is 1. The van der Waals surface area contributed by atoms with Gasteiger partial charge in [-0.3, -0.25) is 0 Å². The van der Waals surface area contributed by atoms with E-state index in [0.29, 0.717) is 16.3 Å². The Morgan fingerprint density at radius 1 is 1.37 bits per heavy atom. The van der Waals surface area contributed by atoms with Crippen LogP contribution in [0, 0.1) is 5.82 Å². The van der Waals surface area contributed by atoms with Crippen LogP contribution in [-0.2, 0) is 5.75 Å². The summed E-state index contributed by atoms with van der Waals surface area (Å²) < 4.78 is 13.7. The SMILES string of the molecule is O=C(O)c1ccc(CSc2ccc(Cl)cn2)c(F)c1. The van der Waals surface area contributed by atoms with E-state index in [0.717, 1.165) is 11.1 Å². The van der Waals surface area contributed by atoms with E-state index in [9.17, 15) is 9.18 Å². The Kier molecular flexibility index (Phi) is 4.39. The van der Waals surface area contributed by atoms with Crippen LogP contribution in [0.25, 0.3) is 0 Å². The summed E-state index contributed by atoms with van der Waals surface area (Å²) in [7, 11) is 0. The van der Waals surface area contributed by atoms with Gasteiger partial charge in [0, 0.05) is 11.9 Å². The number of nitrogens with zero attached hydrogens (tertiary/aromatic N) is 1. The summed E-state index contributed by atoms with van der Waals surface area (Å²) in [6, 6.07) is 7.34. The van der Waals surface area contributed by atoms with Crippen molar-refractivity contribution < 1.29 is 14.3 Å². The number of carboxylic acid groups (broad SMARTS) is 1. The van der Waals surface area contributed by atoms with Gasteiger partial charge in [-0.25, -0.2) is 14.2 Å². The van der Waals surface area contributed by atoms with Crippen LogP contribution in [0.3, 0.4) is 0 Å². The number of hydrogen-bond acceptors (Lipinski definition) is 3. The average molecular weight is 298 g/mol. The molecule has 98 valence electrons. The molecule has 0 atom stereocenters. The molecule has 3 nitrogen and oxygen atoms in total. The van der Waals surface area contributed by atoms with Crippen molar-refractivity contribution in [3.05, 3.63) is 58.5 Å². The number of carboxylic acids is 1. The summed E-state index contributed by atoms with van der Waals surface area (Å²) in [6.07, 6.45) is 1.52. The smallest absolute Gasteiger partial charge is 0.335 e. The number of rotatable bonds is 4. The number of pyridine rings is 1. The topological polar surface area (TPSA) is 50.2 Å². The summed E-state index contributed by atoms with van der Waals surface area (Å²) >= 11 is 7.07. The molecule has 1 heterocycles. The molecule has 1 aromatic heterocycles. The zero-order valence-corrected chi connectivity index (χ0v) is 11.2. The minimum absolute atomic E-state index is 0.0594. The van der Waals surface area contributed by atoms with E-state index in [1.807, 2.05) is 0 Å². The zero-order valence-electron chi connectivity index (χ0n) is 9.64. The van der Waals surface area contributed by atoms with Gasteiger partial charge < -0.3 is 5.11 Å². The fourth-order valence-electron chi connectivity index (χ4n) is 1.40. The third-order valence-corrected chi connectivity index (χ3v) is 3.59. The largest absolute Gasteiger partial charge is 0.478 e. The zero-order chi connectivity index (χ0) is 13.8. The highest BCUT2D eigenvalue weighted by atomic mass is 35.5. The second-order valence-electron chi connectivity index (χ2n) is 3.71. The van der Waals surface area contributed by atoms with Crippen LogP contribution in [0.5, 0.6) is 0 Å². The Hall–Kier alpha value is -1.59. The monoisotopic (exact) mass is 297 g/mol. The molecule has 0 bridgehead atoms. The van der Waals surface area contributed by atoms with Gasteiger partial charge in [-0.1, -0.05) is 17.7 Å². The first kappa shape index (κ1) is 13.8. The van der Waals surface area contributed by atoms with Crippen LogP contribution in [0.4, 0.5) is 4.39 Å². The number of thioether (sulfide) groups is 1. The summed E-state index contributed by atoms with van der Waals surface area (Å²) in [4.78, 5) is 14.8. The first-order chi connectivity index (χ1) is 9.06. The van der Waals surface area contributed by atoms with E-state index in [4.69, 9.17) is 16.7 Å². The molecule has 1 aromatic carbocycles. The van der Waals surface area contributed by atoms with E-state index in [1.54, 1.807) is 12.1 Å². The Balaban J connectivity index is 2.07. The minimum Gasteiger partial charge on any atom is -0.478 e. The predicted octanol–water partition coefficient (Wildman–Crippen LogP) is 3.86. The maximum atomic E-state index is 13.7. The molecule has 6 heteroatoms. The van der Waals surface area contributed by atoms with Crippen LogP contribution in [0.15, 0.2) is 41.6 Å².